The van der Waals surface area contributed by atoms with Gasteiger partial charge in [-0.2, -0.15) is 0 Å². The summed E-state index contributed by atoms with van der Waals surface area (Å²) < 4.78 is 10.7. The standard InChI is InChI=1S/C18H38NO4P/c1-5-8-13-24(14-9-6-2,15-10-7-3)23-17(20)12-11-16(19)18(21)22-4/h16,24H,5-15,19H2,1-4H3/t16-/m0/s1. The van der Waals surface area contributed by atoms with Gasteiger partial charge in [-0.1, -0.05) is 0 Å². The first-order valence-electron chi connectivity index (χ1n) is 9.49. The number of esters is 1. The predicted octanol–water partition coefficient (Wildman–Crippen LogP) is 3.88. The van der Waals surface area contributed by atoms with Gasteiger partial charge in [0.15, 0.2) is 0 Å². The number of hydrogen-bond donors (Lipinski definition) is 1. The van der Waals surface area contributed by atoms with Crippen LogP contribution in [0.4, 0.5) is 0 Å². The summed E-state index contributed by atoms with van der Waals surface area (Å²) in [5.41, 5.74) is 5.71. The fraction of sp³-hybridized carbons (Fsp3) is 0.889. The van der Waals surface area contributed by atoms with Crippen molar-refractivity contribution in [3.05, 3.63) is 0 Å². The number of rotatable bonds is 14. The van der Waals surface area contributed by atoms with Crippen LogP contribution >= 0.6 is 7.49 Å². The van der Waals surface area contributed by atoms with Crippen molar-refractivity contribution in [1.29, 1.82) is 0 Å². The summed E-state index contributed by atoms with van der Waals surface area (Å²) in [5, 5.41) is 0. The van der Waals surface area contributed by atoms with Gasteiger partial charge < -0.3 is 0 Å². The van der Waals surface area contributed by atoms with E-state index >= 15 is 0 Å². The normalized spacial score (nSPS) is 13.4. The van der Waals surface area contributed by atoms with Crippen molar-refractivity contribution in [2.24, 2.45) is 5.73 Å². The van der Waals surface area contributed by atoms with E-state index in [2.05, 4.69) is 25.5 Å². The van der Waals surface area contributed by atoms with Gasteiger partial charge in [0.1, 0.15) is 0 Å². The molecule has 0 saturated carbocycles. The van der Waals surface area contributed by atoms with Gasteiger partial charge in [-0.3, -0.25) is 0 Å². The molecule has 6 heteroatoms. The number of carbonyl (C=O) groups is 2. The molecule has 0 aliphatic heterocycles. The number of hydrogen-bond acceptors (Lipinski definition) is 5. The SMILES string of the molecule is CCCC[PH](CCCC)(CCCC)OC(=O)CC[C@H](N)C(=O)OC. The van der Waals surface area contributed by atoms with Crippen molar-refractivity contribution >= 4 is 19.4 Å². The number of nitrogens with two attached hydrogens (primary N) is 1. The van der Waals surface area contributed by atoms with Crippen LogP contribution in [-0.4, -0.2) is 43.6 Å². The Morgan fingerprint density at radius 2 is 1.42 bits per heavy atom. The van der Waals surface area contributed by atoms with Crippen LogP contribution in [0.3, 0.4) is 0 Å². The average Bonchev–Trinajstić information content (AvgIpc) is 2.59. The van der Waals surface area contributed by atoms with Crippen molar-refractivity contribution in [2.45, 2.75) is 78.2 Å². The van der Waals surface area contributed by atoms with Crippen LogP contribution in [0.5, 0.6) is 0 Å². The Labute approximate surface area is 148 Å². The van der Waals surface area contributed by atoms with Crippen LogP contribution in [0.15, 0.2) is 0 Å². The summed E-state index contributed by atoms with van der Waals surface area (Å²) in [6.07, 6.45) is 10.4. The number of carbonyl (C=O) groups excluding carboxylic acids is 2. The van der Waals surface area contributed by atoms with Crippen molar-refractivity contribution in [2.75, 3.05) is 25.6 Å². The fourth-order valence-electron chi connectivity index (χ4n) is 2.86. The van der Waals surface area contributed by atoms with Crippen LogP contribution in [0, 0.1) is 0 Å². The Hall–Kier alpha value is -0.670. The van der Waals surface area contributed by atoms with E-state index in [-0.39, 0.29) is 18.8 Å². The number of methoxy groups -OCH3 is 1. The number of ether oxygens (including phenoxy) is 1. The van der Waals surface area contributed by atoms with Gasteiger partial charge in [0, 0.05) is 0 Å². The van der Waals surface area contributed by atoms with Gasteiger partial charge in [-0.25, -0.2) is 0 Å². The number of unbranched alkanes of at least 4 members (excludes halogenated alkanes) is 3. The summed E-state index contributed by atoms with van der Waals surface area (Å²) in [7, 11) is -0.731. The third kappa shape index (κ3) is 9.58. The molecule has 1 atom stereocenters. The zero-order valence-corrected chi connectivity index (χ0v) is 17.1. The fourth-order valence-corrected chi connectivity index (χ4v) is 7.49. The van der Waals surface area contributed by atoms with Gasteiger partial charge in [0.2, 0.25) is 0 Å². The Morgan fingerprint density at radius 1 is 0.958 bits per heavy atom. The zero-order chi connectivity index (χ0) is 18.4. The average molecular weight is 363 g/mol. The second-order valence-electron chi connectivity index (χ2n) is 6.64. The predicted molar refractivity (Wildman–Crippen MR) is 103 cm³/mol. The Balaban J connectivity index is 4.78. The van der Waals surface area contributed by atoms with Crippen LogP contribution in [0.25, 0.3) is 0 Å². The molecule has 5 nitrogen and oxygen atoms in total. The van der Waals surface area contributed by atoms with Crippen LogP contribution in [-0.2, 0) is 18.8 Å². The van der Waals surface area contributed by atoms with Crippen molar-refractivity contribution in [3.63, 3.8) is 0 Å². The quantitative estimate of drug-likeness (QED) is 0.374. The molecule has 0 aliphatic carbocycles. The topological polar surface area (TPSA) is 78.6 Å². The van der Waals surface area contributed by atoms with E-state index in [9.17, 15) is 9.59 Å². The van der Waals surface area contributed by atoms with E-state index in [1.54, 1.807) is 0 Å². The van der Waals surface area contributed by atoms with Crippen molar-refractivity contribution in [3.8, 4) is 0 Å². The molecule has 0 rings (SSSR count). The van der Waals surface area contributed by atoms with E-state index in [4.69, 9.17) is 10.3 Å². The zero-order valence-electron chi connectivity index (χ0n) is 16.1. The molecule has 0 amide bonds. The van der Waals surface area contributed by atoms with E-state index in [0.29, 0.717) is 0 Å². The molecule has 0 aromatic carbocycles. The van der Waals surface area contributed by atoms with E-state index < -0.39 is 19.5 Å². The first-order chi connectivity index (χ1) is 11.4. The van der Waals surface area contributed by atoms with E-state index in [0.717, 1.165) is 57.0 Å². The minimum absolute atomic E-state index is 0.190. The Kier molecular flexibility index (Phi) is 13.2. The second kappa shape index (κ2) is 13.6. The first kappa shape index (κ1) is 23.3. The first-order valence-corrected chi connectivity index (χ1v) is 12.0. The molecular weight excluding hydrogens is 325 g/mol. The van der Waals surface area contributed by atoms with E-state index in [1.807, 2.05) is 0 Å². The third-order valence-corrected chi connectivity index (χ3v) is 8.91. The molecular formula is C18H38NO4P. The molecule has 0 aromatic heterocycles. The second-order valence-corrected chi connectivity index (χ2v) is 10.7. The monoisotopic (exact) mass is 363 g/mol. The Bertz CT molecular complexity index is 341. The minimum atomic E-state index is -2.04. The molecule has 0 saturated heterocycles. The van der Waals surface area contributed by atoms with Gasteiger partial charge in [-0.05, 0) is 0 Å². The Morgan fingerprint density at radius 3 is 1.79 bits per heavy atom. The summed E-state index contributed by atoms with van der Waals surface area (Å²) in [5.74, 6) is -0.668. The molecule has 144 valence electrons. The van der Waals surface area contributed by atoms with Crippen LogP contribution in [0.1, 0.15) is 72.1 Å². The van der Waals surface area contributed by atoms with Crippen molar-refractivity contribution in [1.82, 2.24) is 0 Å². The van der Waals surface area contributed by atoms with Gasteiger partial charge in [-0.15, -0.1) is 0 Å². The summed E-state index contributed by atoms with van der Waals surface area (Å²) in [4.78, 5) is 23.7. The molecule has 24 heavy (non-hydrogen) atoms. The van der Waals surface area contributed by atoms with Crippen LogP contribution in [0.2, 0.25) is 0 Å². The molecule has 0 aliphatic rings. The third-order valence-electron chi connectivity index (χ3n) is 4.45. The molecule has 0 fully saturated rings. The van der Waals surface area contributed by atoms with Crippen LogP contribution < -0.4 is 5.73 Å². The van der Waals surface area contributed by atoms with Gasteiger partial charge in [0.25, 0.3) is 0 Å². The molecule has 0 aromatic rings. The molecule has 0 heterocycles. The summed E-state index contributed by atoms with van der Waals surface area (Å²) in [6, 6.07) is -0.749. The molecule has 0 unspecified atom stereocenters. The molecule has 0 bridgehead atoms. The molecule has 0 spiro atoms. The maximum absolute atomic E-state index is 12.4. The summed E-state index contributed by atoms with van der Waals surface area (Å²) >= 11 is 0. The molecule has 0 radical (unpaired) electrons. The summed E-state index contributed by atoms with van der Waals surface area (Å²) in [6.45, 7) is 6.53. The van der Waals surface area contributed by atoms with Gasteiger partial charge >= 0.3 is 148 Å². The maximum atomic E-state index is 12.4. The molecule has 2 N–H and O–H groups in total. The van der Waals surface area contributed by atoms with E-state index in [1.165, 1.54) is 7.11 Å². The van der Waals surface area contributed by atoms with Gasteiger partial charge in [0.05, 0.1) is 0 Å². The van der Waals surface area contributed by atoms with Crippen molar-refractivity contribution < 1.29 is 18.8 Å².